The van der Waals surface area contributed by atoms with Gasteiger partial charge < -0.3 is 4.90 Å². The van der Waals surface area contributed by atoms with Gasteiger partial charge in [-0.3, -0.25) is 10.1 Å². The normalized spacial score (nSPS) is 10.3. The van der Waals surface area contributed by atoms with Gasteiger partial charge in [-0.15, -0.1) is 0 Å². The lowest BCUT2D eigenvalue weighted by Crippen LogP contribution is -2.26. The van der Waals surface area contributed by atoms with E-state index in [0.717, 1.165) is 25.9 Å². The Labute approximate surface area is 109 Å². The van der Waals surface area contributed by atoms with E-state index in [1.54, 1.807) is 6.20 Å². The average molecular weight is 302 g/mol. The van der Waals surface area contributed by atoms with Gasteiger partial charge in [0.25, 0.3) is 0 Å². The molecule has 1 aromatic rings. The highest BCUT2D eigenvalue weighted by atomic mass is 79.9. The molecule has 6 heteroatoms. The number of nitrogens with zero attached hydrogens (tertiary/aromatic N) is 3. The molecule has 1 heterocycles. The van der Waals surface area contributed by atoms with Crippen LogP contribution >= 0.6 is 15.9 Å². The van der Waals surface area contributed by atoms with Gasteiger partial charge in [0.2, 0.25) is 5.82 Å². The summed E-state index contributed by atoms with van der Waals surface area (Å²) in [7, 11) is 0. The summed E-state index contributed by atoms with van der Waals surface area (Å²) >= 11 is 3.21. The minimum Gasteiger partial charge on any atom is -0.351 e. The molecule has 0 aliphatic rings. The molecular weight excluding hydrogens is 286 g/mol. The van der Waals surface area contributed by atoms with Crippen LogP contribution in [0.4, 0.5) is 11.5 Å². The molecule has 1 aromatic heterocycles. The van der Waals surface area contributed by atoms with Crippen LogP contribution in [-0.4, -0.2) is 23.0 Å². The fourth-order valence-electron chi connectivity index (χ4n) is 1.66. The molecule has 0 saturated carbocycles. The number of nitro groups is 1. The molecule has 5 nitrogen and oxygen atoms in total. The lowest BCUT2D eigenvalue weighted by molar-refractivity contribution is -0.384. The Morgan fingerprint density at radius 1 is 1.41 bits per heavy atom. The predicted octanol–water partition coefficient (Wildman–Crippen LogP) is 3.38. The minimum atomic E-state index is -0.384. The molecule has 0 aromatic carbocycles. The number of aromatic nitrogens is 1. The maximum absolute atomic E-state index is 11.0. The number of hydrogen-bond donors (Lipinski definition) is 0. The third kappa shape index (κ3) is 3.66. The third-order valence-corrected chi connectivity index (χ3v) is 2.73. The first kappa shape index (κ1) is 13.9. The molecule has 0 bridgehead atoms. The van der Waals surface area contributed by atoms with E-state index in [1.165, 1.54) is 6.07 Å². The zero-order valence-corrected chi connectivity index (χ0v) is 11.6. The van der Waals surface area contributed by atoms with Gasteiger partial charge >= 0.3 is 5.69 Å². The standard InChI is InChI=1S/C11H16BrN3O2/c1-3-5-14(6-4-2)11-10(15(16)17)7-9(12)8-13-11/h7-8H,3-6H2,1-2H3. The lowest BCUT2D eigenvalue weighted by atomic mass is 10.3. The van der Waals surface area contributed by atoms with E-state index < -0.39 is 0 Å². The van der Waals surface area contributed by atoms with Crippen molar-refractivity contribution >= 4 is 27.4 Å². The summed E-state index contributed by atoms with van der Waals surface area (Å²) in [5.74, 6) is 0.460. The van der Waals surface area contributed by atoms with Crippen molar-refractivity contribution in [2.75, 3.05) is 18.0 Å². The molecule has 0 unspecified atom stereocenters. The highest BCUT2D eigenvalue weighted by molar-refractivity contribution is 9.10. The van der Waals surface area contributed by atoms with Crippen LogP contribution in [0.1, 0.15) is 26.7 Å². The second kappa shape index (κ2) is 6.54. The molecule has 94 valence electrons. The van der Waals surface area contributed by atoms with Crippen LogP contribution in [0.2, 0.25) is 0 Å². The molecule has 0 atom stereocenters. The van der Waals surface area contributed by atoms with E-state index in [2.05, 4.69) is 20.9 Å². The fourth-order valence-corrected chi connectivity index (χ4v) is 1.98. The fraction of sp³-hybridized carbons (Fsp3) is 0.545. The molecule has 0 aliphatic carbocycles. The second-order valence-corrected chi connectivity index (χ2v) is 4.66. The first-order valence-electron chi connectivity index (χ1n) is 5.65. The predicted molar refractivity (Wildman–Crippen MR) is 71.4 cm³/mol. The second-order valence-electron chi connectivity index (χ2n) is 3.74. The zero-order valence-electron chi connectivity index (χ0n) is 10.0. The minimum absolute atomic E-state index is 0.0567. The SMILES string of the molecule is CCCN(CCC)c1ncc(Br)cc1[N+](=O)[O-]. The van der Waals surface area contributed by atoms with Gasteiger partial charge in [0, 0.05) is 29.8 Å². The Kier molecular flexibility index (Phi) is 5.34. The van der Waals surface area contributed by atoms with Crippen molar-refractivity contribution in [3.8, 4) is 0 Å². The Morgan fingerprint density at radius 3 is 2.47 bits per heavy atom. The summed E-state index contributed by atoms with van der Waals surface area (Å²) < 4.78 is 0.626. The molecule has 0 aliphatic heterocycles. The van der Waals surface area contributed by atoms with Gasteiger partial charge in [-0.25, -0.2) is 4.98 Å². The summed E-state index contributed by atoms with van der Waals surface area (Å²) in [6.07, 6.45) is 3.48. The van der Waals surface area contributed by atoms with Crippen molar-refractivity contribution in [2.24, 2.45) is 0 Å². The number of rotatable bonds is 6. The van der Waals surface area contributed by atoms with E-state index in [9.17, 15) is 10.1 Å². The van der Waals surface area contributed by atoms with Crippen LogP contribution in [0.3, 0.4) is 0 Å². The number of halogens is 1. The largest absolute Gasteiger partial charge is 0.351 e. The summed E-state index contributed by atoms with van der Waals surface area (Å²) in [5.41, 5.74) is 0.0567. The van der Waals surface area contributed by atoms with Crippen molar-refractivity contribution in [3.63, 3.8) is 0 Å². The Bertz CT molecular complexity index is 392. The molecule has 17 heavy (non-hydrogen) atoms. The smallest absolute Gasteiger partial charge is 0.312 e. The molecule has 0 spiro atoms. The Hall–Kier alpha value is -1.17. The molecular formula is C11H16BrN3O2. The number of pyridine rings is 1. The third-order valence-electron chi connectivity index (χ3n) is 2.30. The summed E-state index contributed by atoms with van der Waals surface area (Å²) in [4.78, 5) is 16.8. The van der Waals surface area contributed by atoms with Crippen LogP contribution < -0.4 is 4.90 Å². The lowest BCUT2D eigenvalue weighted by Gasteiger charge is -2.22. The molecule has 0 N–H and O–H groups in total. The summed E-state index contributed by atoms with van der Waals surface area (Å²) in [6, 6.07) is 1.50. The highest BCUT2D eigenvalue weighted by Gasteiger charge is 2.20. The van der Waals surface area contributed by atoms with Crippen molar-refractivity contribution in [2.45, 2.75) is 26.7 Å². The maximum atomic E-state index is 11.0. The van der Waals surface area contributed by atoms with Crippen molar-refractivity contribution in [3.05, 3.63) is 26.9 Å². The molecule has 1 rings (SSSR count). The maximum Gasteiger partial charge on any atom is 0.312 e. The average Bonchev–Trinajstić information content (AvgIpc) is 2.28. The van der Waals surface area contributed by atoms with Crippen LogP contribution in [0, 0.1) is 10.1 Å². The van der Waals surface area contributed by atoms with Crippen molar-refractivity contribution < 1.29 is 4.92 Å². The molecule has 0 fully saturated rings. The number of hydrogen-bond acceptors (Lipinski definition) is 4. The monoisotopic (exact) mass is 301 g/mol. The quantitative estimate of drug-likeness (QED) is 0.597. The molecule has 0 saturated heterocycles. The van der Waals surface area contributed by atoms with Gasteiger partial charge in [0.05, 0.1) is 4.92 Å². The molecule has 0 amide bonds. The van der Waals surface area contributed by atoms with E-state index in [1.807, 2.05) is 18.7 Å². The van der Waals surface area contributed by atoms with Crippen molar-refractivity contribution in [1.29, 1.82) is 0 Å². The first-order valence-corrected chi connectivity index (χ1v) is 6.44. The van der Waals surface area contributed by atoms with Gasteiger partial charge in [-0.2, -0.15) is 0 Å². The van der Waals surface area contributed by atoms with Gasteiger partial charge in [0.1, 0.15) is 0 Å². The number of anilines is 1. The molecule has 0 radical (unpaired) electrons. The van der Waals surface area contributed by atoms with Gasteiger partial charge in [0.15, 0.2) is 0 Å². The summed E-state index contributed by atoms with van der Waals surface area (Å²) in [5, 5.41) is 11.0. The zero-order chi connectivity index (χ0) is 12.8. The van der Waals surface area contributed by atoms with E-state index in [-0.39, 0.29) is 10.6 Å². The van der Waals surface area contributed by atoms with Gasteiger partial charge in [-0.05, 0) is 28.8 Å². The van der Waals surface area contributed by atoms with Crippen LogP contribution in [0.5, 0.6) is 0 Å². The van der Waals surface area contributed by atoms with E-state index >= 15 is 0 Å². The summed E-state index contributed by atoms with van der Waals surface area (Å²) in [6.45, 7) is 5.66. The first-order chi connectivity index (χ1) is 8.10. The van der Waals surface area contributed by atoms with Crippen LogP contribution in [0.15, 0.2) is 16.7 Å². The Morgan fingerprint density at radius 2 is 2.00 bits per heavy atom. The van der Waals surface area contributed by atoms with E-state index in [4.69, 9.17) is 0 Å². The highest BCUT2D eigenvalue weighted by Crippen LogP contribution is 2.28. The topological polar surface area (TPSA) is 59.3 Å². The Balaban J connectivity index is 3.12. The van der Waals surface area contributed by atoms with Crippen LogP contribution in [-0.2, 0) is 0 Å². The van der Waals surface area contributed by atoms with E-state index in [0.29, 0.717) is 10.3 Å². The van der Waals surface area contributed by atoms with Crippen LogP contribution in [0.25, 0.3) is 0 Å². The van der Waals surface area contributed by atoms with Crippen molar-refractivity contribution in [1.82, 2.24) is 4.98 Å². The van der Waals surface area contributed by atoms with Gasteiger partial charge in [-0.1, -0.05) is 13.8 Å².